The quantitative estimate of drug-likeness (QED) is 0.689. The third-order valence-corrected chi connectivity index (χ3v) is 6.50. The second-order valence-corrected chi connectivity index (χ2v) is 8.54. The van der Waals surface area contributed by atoms with E-state index in [1.54, 1.807) is 0 Å². The standard InChI is InChI=1S/C23H36N2O2/c1-5-17(11-14-26)16-18(10-13-25(3)4)23(2)22-20(12-15-27-23)19-8-6-7-9-21(19)24-22/h6-9,17-18,24,26H,5,10-16H2,1-4H3. The molecule has 0 spiro atoms. The number of nitrogens with zero attached hydrogens (tertiary/aromatic N) is 1. The minimum Gasteiger partial charge on any atom is -0.396 e. The second kappa shape index (κ2) is 8.76. The van der Waals surface area contributed by atoms with E-state index >= 15 is 0 Å². The molecule has 2 heterocycles. The maximum atomic E-state index is 9.48. The number of aliphatic hydroxyl groups excluding tert-OH is 1. The Morgan fingerprint density at radius 3 is 2.74 bits per heavy atom. The van der Waals surface area contributed by atoms with E-state index in [0.29, 0.717) is 11.8 Å². The summed E-state index contributed by atoms with van der Waals surface area (Å²) in [7, 11) is 4.28. The lowest BCUT2D eigenvalue weighted by atomic mass is 9.74. The van der Waals surface area contributed by atoms with Crippen LogP contribution < -0.4 is 0 Å². The summed E-state index contributed by atoms with van der Waals surface area (Å²) >= 11 is 0. The van der Waals surface area contributed by atoms with Crippen molar-refractivity contribution in [1.29, 1.82) is 0 Å². The monoisotopic (exact) mass is 372 g/mol. The molecule has 0 saturated heterocycles. The van der Waals surface area contributed by atoms with Crippen LogP contribution in [0.1, 0.15) is 50.8 Å². The van der Waals surface area contributed by atoms with Gasteiger partial charge in [-0.15, -0.1) is 0 Å². The number of H-pyrrole nitrogens is 1. The van der Waals surface area contributed by atoms with Crippen LogP contribution in [0, 0.1) is 11.8 Å². The lowest BCUT2D eigenvalue weighted by Crippen LogP contribution is -2.42. The van der Waals surface area contributed by atoms with Gasteiger partial charge in [-0.2, -0.15) is 0 Å². The van der Waals surface area contributed by atoms with Gasteiger partial charge in [-0.1, -0.05) is 31.5 Å². The van der Waals surface area contributed by atoms with Crippen LogP contribution in [0.3, 0.4) is 0 Å². The van der Waals surface area contributed by atoms with E-state index in [1.807, 2.05) is 0 Å². The summed E-state index contributed by atoms with van der Waals surface area (Å²) in [6.07, 6.45) is 5.15. The minimum atomic E-state index is -0.300. The van der Waals surface area contributed by atoms with Gasteiger partial charge >= 0.3 is 0 Å². The Morgan fingerprint density at radius 1 is 1.26 bits per heavy atom. The topological polar surface area (TPSA) is 48.5 Å². The van der Waals surface area contributed by atoms with Crippen LogP contribution in [0.15, 0.2) is 24.3 Å². The molecule has 1 aliphatic rings. The fourth-order valence-electron chi connectivity index (χ4n) is 4.75. The number of nitrogens with one attached hydrogen (secondary N) is 1. The molecule has 1 aromatic heterocycles. The number of para-hydroxylation sites is 1. The zero-order chi connectivity index (χ0) is 19.4. The maximum absolute atomic E-state index is 9.48. The largest absolute Gasteiger partial charge is 0.396 e. The molecule has 3 rings (SSSR count). The molecule has 27 heavy (non-hydrogen) atoms. The van der Waals surface area contributed by atoms with Crippen molar-refractivity contribution < 1.29 is 9.84 Å². The van der Waals surface area contributed by atoms with Gasteiger partial charge in [-0.25, -0.2) is 0 Å². The molecule has 4 nitrogen and oxygen atoms in total. The van der Waals surface area contributed by atoms with Gasteiger partial charge in [-0.3, -0.25) is 0 Å². The van der Waals surface area contributed by atoms with Gasteiger partial charge in [0.05, 0.1) is 12.3 Å². The highest BCUT2D eigenvalue weighted by atomic mass is 16.5. The molecule has 2 N–H and O–H groups in total. The highest BCUT2D eigenvalue weighted by Gasteiger charge is 2.43. The fraction of sp³-hybridized carbons (Fsp3) is 0.652. The molecule has 3 unspecified atom stereocenters. The van der Waals surface area contributed by atoms with Crippen molar-refractivity contribution in [1.82, 2.24) is 9.88 Å². The minimum absolute atomic E-state index is 0.272. The summed E-state index contributed by atoms with van der Waals surface area (Å²) in [6, 6.07) is 8.62. The van der Waals surface area contributed by atoms with Crippen molar-refractivity contribution in [3.05, 3.63) is 35.5 Å². The average molecular weight is 373 g/mol. The molecule has 0 fully saturated rings. The molecule has 0 radical (unpaired) electrons. The van der Waals surface area contributed by atoms with Gasteiger partial charge in [0.2, 0.25) is 0 Å². The first-order chi connectivity index (χ1) is 13.0. The molecule has 0 bridgehead atoms. The number of aromatic nitrogens is 1. The summed E-state index contributed by atoms with van der Waals surface area (Å²) in [4.78, 5) is 5.97. The van der Waals surface area contributed by atoms with E-state index < -0.39 is 0 Å². The molecular weight excluding hydrogens is 336 g/mol. The molecule has 3 atom stereocenters. The molecule has 4 heteroatoms. The molecule has 0 aliphatic carbocycles. The third kappa shape index (κ3) is 4.23. The Bertz CT molecular complexity index is 739. The average Bonchev–Trinajstić information content (AvgIpc) is 3.04. The predicted octanol–water partition coefficient (Wildman–Crippen LogP) is 4.32. The number of fused-ring (bicyclic) bond motifs is 3. The summed E-state index contributed by atoms with van der Waals surface area (Å²) in [5.41, 5.74) is 3.63. The van der Waals surface area contributed by atoms with Crippen LogP contribution in [0.5, 0.6) is 0 Å². The Labute approximate surface area is 163 Å². The lowest BCUT2D eigenvalue weighted by Gasteiger charge is -2.42. The number of aromatic amines is 1. The fourth-order valence-corrected chi connectivity index (χ4v) is 4.75. The van der Waals surface area contributed by atoms with Crippen molar-refractivity contribution in [3.8, 4) is 0 Å². The van der Waals surface area contributed by atoms with Crippen molar-refractivity contribution >= 4 is 10.9 Å². The van der Waals surface area contributed by atoms with Crippen LogP contribution in [-0.2, 0) is 16.8 Å². The number of benzene rings is 1. The van der Waals surface area contributed by atoms with E-state index in [2.05, 4.69) is 62.1 Å². The van der Waals surface area contributed by atoms with E-state index in [9.17, 15) is 5.11 Å². The van der Waals surface area contributed by atoms with Gasteiger partial charge in [0, 0.05) is 17.5 Å². The van der Waals surface area contributed by atoms with Crippen molar-refractivity contribution in [3.63, 3.8) is 0 Å². The highest BCUT2D eigenvalue weighted by Crippen LogP contribution is 2.45. The smallest absolute Gasteiger partial charge is 0.108 e. The SMILES string of the molecule is CCC(CCO)CC(CCN(C)C)C1(C)OCCc2c1[nH]c1ccccc21. The van der Waals surface area contributed by atoms with E-state index in [1.165, 1.54) is 22.2 Å². The third-order valence-electron chi connectivity index (χ3n) is 6.50. The molecule has 150 valence electrons. The zero-order valence-corrected chi connectivity index (χ0v) is 17.4. The van der Waals surface area contributed by atoms with Crippen LogP contribution in [0.25, 0.3) is 10.9 Å². The second-order valence-electron chi connectivity index (χ2n) is 8.54. The van der Waals surface area contributed by atoms with Gasteiger partial charge in [0.25, 0.3) is 0 Å². The first-order valence-electron chi connectivity index (χ1n) is 10.5. The molecular formula is C23H36N2O2. The summed E-state index contributed by atoms with van der Waals surface area (Å²) in [5, 5.41) is 10.8. The first kappa shape index (κ1) is 20.4. The Morgan fingerprint density at radius 2 is 2.04 bits per heavy atom. The zero-order valence-electron chi connectivity index (χ0n) is 17.4. The molecule has 1 aliphatic heterocycles. The lowest BCUT2D eigenvalue weighted by molar-refractivity contribution is -0.101. The Balaban J connectivity index is 1.97. The summed E-state index contributed by atoms with van der Waals surface area (Å²) in [5.74, 6) is 0.959. The number of aliphatic hydroxyl groups is 1. The molecule has 1 aromatic carbocycles. The summed E-state index contributed by atoms with van der Waals surface area (Å²) in [6.45, 7) is 6.62. The van der Waals surface area contributed by atoms with Crippen LogP contribution in [-0.4, -0.2) is 48.8 Å². The number of ether oxygens (including phenoxy) is 1. The first-order valence-corrected chi connectivity index (χ1v) is 10.5. The van der Waals surface area contributed by atoms with E-state index in [-0.39, 0.29) is 12.2 Å². The number of rotatable bonds is 9. The Hall–Kier alpha value is -1.36. The summed E-state index contributed by atoms with van der Waals surface area (Å²) < 4.78 is 6.53. The molecule has 2 aromatic rings. The van der Waals surface area contributed by atoms with Gasteiger partial charge < -0.3 is 19.7 Å². The van der Waals surface area contributed by atoms with Crippen LogP contribution in [0.4, 0.5) is 0 Å². The van der Waals surface area contributed by atoms with Gasteiger partial charge in [-0.05, 0) is 76.7 Å². The van der Waals surface area contributed by atoms with Gasteiger partial charge in [0.15, 0.2) is 0 Å². The highest BCUT2D eigenvalue weighted by molar-refractivity contribution is 5.85. The number of hydrogen-bond acceptors (Lipinski definition) is 3. The van der Waals surface area contributed by atoms with E-state index in [4.69, 9.17) is 4.74 Å². The normalized spacial score (nSPS) is 22.1. The van der Waals surface area contributed by atoms with Crippen LogP contribution in [0.2, 0.25) is 0 Å². The Kier molecular flexibility index (Phi) is 6.61. The van der Waals surface area contributed by atoms with E-state index in [0.717, 1.165) is 45.3 Å². The van der Waals surface area contributed by atoms with Crippen molar-refractivity contribution in [2.45, 2.75) is 51.6 Å². The number of hydrogen-bond donors (Lipinski definition) is 2. The van der Waals surface area contributed by atoms with Crippen molar-refractivity contribution in [2.24, 2.45) is 11.8 Å². The predicted molar refractivity (Wildman–Crippen MR) is 112 cm³/mol. The van der Waals surface area contributed by atoms with Gasteiger partial charge in [0.1, 0.15) is 5.60 Å². The maximum Gasteiger partial charge on any atom is 0.108 e. The molecule has 0 saturated carbocycles. The van der Waals surface area contributed by atoms with Crippen molar-refractivity contribution in [2.75, 3.05) is 33.9 Å². The molecule has 0 amide bonds. The van der Waals surface area contributed by atoms with Crippen LogP contribution >= 0.6 is 0 Å².